The monoisotopic (exact) mass is 563 g/mol. The molecule has 0 aliphatic carbocycles. The van der Waals surface area contributed by atoms with Crippen molar-refractivity contribution in [3.63, 3.8) is 0 Å². The number of tetrazole rings is 1. The summed E-state index contributed by atoms with van der Waals surface area (Å²) in [4.78, 5) is 29.5. The topological polar surface area (TPSA) is 105 Å². The number of aromatic nitrogens is 4. The van der Waals surface area contributed by atoms with Gasteiger partial charge in [-0.2, -0.15) is 4.68 Å². The summed E-state index contributed by atoms with van der Waals surface area (Å²) in [6.07, 6.45) is 0. The maximum Gasteiger partial charge on any atom is 0.254 e. The highest BCUT2D eigenvalue weighted by atomic mass is 35.5. The molecule has 10 nitrogen and oxygen atoms in total. The molecule has 1 aromatic heterocycles. The number of thioether (sulfide) groups is 1. The number of ether oxygens (including phenoxy) is 1. The Bertz CT molecular complexity index is 1440. The van der Waals surface area contributed by atoms with Crippen LogP contribution >= 0.6 is 23.4 Å². The van der Waals surface area contributed by atoms with Crippen LogP contribution in [0.4, 0.5) is 11.4 Å². The lowest BCUT2D eigenvalue weighted by Gasteiger charge is -2.36. The smallest absolute Gasteiger partial charge is 0.254 e. The van der Waals surface area contributed by atoms with E-state index in [0.717, 1.165) is 24.5 Å². The van der Waals surface area contributed by atoms with Gasteiger partial charge in [0.25, 0.3) is 5.91 Å². The second-order valence-corrected chi connectivity index (χ2v) is 10.1. The number of carbonyl (C=O) groups is 2. The SMILES string of the molecule is COc1cccc(C(=O)N2CCN(c3ccc(NC(=O)CSc4nnnn4-c4ccc(Cl)cc4)cc3)CC2)c1. The van der Waals surface area contributed by atoms with Gasteiger partial charge in [0.15, 0.2) is 0 Å². The molecule has 2 amide bonds. The molecule has 1 N–H and O–H groups in total. The lowest BCUT2D eigenvalue weighted by molar-refractivity contribution is -0.113. The molecule has 1 aliphatic rings. The number of anilines is 2. The molecule has 0 radical (unpaired) electrons. The van der Waals surface area contributed by atoms with E-state index in [-0.39, 0.29) is 17.6 Å². The number of hydrogen-bond acceptors (Lipinski definition) is 8. The average Bonchev–Trinajstić information content (AvgIpc) is 3.45. The summed E-state index contributed by atoms with van der Waals surface area (Å²) >= 11 is 7.20. The molecule has 0 atom stereocenters. The first-order valence-corrected chi connectivity index (χ1v) is 13.6. The highest BCUT2D eigenvalue weighted by molar-refractivity contribution is 7.99. The maximum absolute atomic E-state index is 12.9. The highest BCUT2D eigenvalue weighted by Gasteiger charge is 2.22. The number of amides is 2. The fraction of sp³-hybridized carbons (Fsp3) is 0.222. The number of nitrogens with zero attached hydrogens (tertiary/aromatic N) is 6. The van der Waals surface area contributed by atoms with Crippen LogP contribution in [0, 0.1) is 0 Å². The number of benzene rings is 3. The van der Waals surface area contributed by atoms with Crippen LogP contribution in [0.1, 0.15) is 10.4 Å². The predicted octanol–water partition coefficient (Wildman–Crippen LogP) is 4.02. The van der Waals surface area contributed by atoms with Gasteiger partial charge in [-0.05, 0) is 77.2 Å². The van der Waals surface area contributed by atoms with Gasteiger partial charge in [-0.3, -0.25) is 9.59 Å². The van der Waals surface area contributed by atoms with Crippen molar-refractivity contribution < 1.29 is 14.3 Å². The minimum atomic E-state index is -0.164. The van der Waals surface area contributed by atoms with Crippen LogP contribution in [-0.4, -0.2) is 76.0 Å². The van der Waals surface area contributed by atoms with E-state index in [4.69, 9.17) is 16.3 Å². The van der Waals surface area contributed by atoms with Gasteiger partial charge < -0.3 is 19.9 Å². The minimum Gasteiger partial charge on any atom is -0.497 e. The Hall–Kier alpha value is -4.09. The summed E-state index contributed by atoms with van der Waals surface area (Å²) in [6.45, 7) is 2.70. The summed E-state index contributed by atoms with van der Waals surface area (Å²) in [5.41, 5.74) is 3.13. The van der Waals surface area contributed by atoms with Gasteiger partial charge in [-0.15, -0.1) is 5.10 Å². The van der Waals surface area contributed by atoms with Crippen molar-refractivity contribution in [2.45, 2.75) is 5.16 Å². The normalized spacial score (nSPS) is 13.3. The average molecular weight is 564 g/mol. The van der Waals surface area contributed by atoms with Gasteiger partial charge in [-0.1, -0.05) is 29.4 Å². The van der Waals surface area contributed by atoms with Gasteiger partial charge in [0.05, 0.1) is 18.6 Å². The fourth-order valence-corrected chi connectivity index (χ4v) is 5.02. The van der Waals surface area contributed by atoms with E-state index in [0.29, 0.717) is 40.3 Å². The van der Waals surface area contributed by atoms with Crippen molar-refractivity contribution in [2.24, 2.45) is 0 Å². The molecule has 2 heterocycles. The van der Waals surface area contributed by atoms with Crippen LogP contribution in [-0.2, 0) is 4.79 Å². The molecule has 1 fully saturated rings. The first kappa shape index (κ1) is 26.5. The van der Waals surface area contributed by atoms with E-state index in [1.54, 1.807) is 30.0 Å². The van der Waals surface area contributed by atoms with E-state index < -0.39 is 0 Å². The summed E-state index contributed by atoms with van der Waals surface area (Å²) in [5, 5.41) is 15.8. The first-order valence-electron chi connectivity index (χ1n) is 12.3. The zero-order chi connectivity index (χ0) is 27.2. The quantitative estimate of drug-likeness (QED) is 0.321. The zero-order valence-electron chi connectivity index (χ0n) is 21.2. The van der Waals surface area contributed by atoms with Crippen molar-refractivity contribution in [3.05, 3.63) is 83.4 Å². The highest BCUT2D eigenvalue weighted by Crippen LogP contribution is 2.23. The molecule has 1 saturated heterocycles. The van der Waals surface area contributed by atoms with Crippen LogP contribution in [0.25, 0.3) is 5.69 Å². The number of methoxy groups -OCH3 is 1. The summed E-state index contributed by atoms with van der Waals surface area (Å²) < 4.78 is 6.80. The Morgan fingerprint density at radius 3 is 2.41 bits per heavy atom. The van der Waals surface area contributed by atoms with E-state index in [9.17, 15) is 9.59 Å². The molecular weight excluding hydrogens is 538 g/mol. The molecule has 0 unspecified atom stereocenters. The molecule has 0 bridgehead atoms. The molecule has 200 valence electrons. The van der Waals surface area contributed by atoms with E-state index in [2.05, 4.69) is 25.7 Å². The van der Waals surface area contributed by atoms with Gasteiger partial charge in [0.1, 0.15) is 5.75 Å². The lowest BCUT2D eigenvalue weighted by atomic mass is 10.1. The zero-order valence-corrected chi connectivity index (χ0v) is 22.7. The van der Waals surface area contributed by atoms with Crippen LogP contribution in [0.5, 0.6) is 5.75 Å². The van der Waals surface area contributed by atoms with Crippen molar-refractivity contribution in [1.29, 1.82) is 0 Å². The van der Waals surface area contributed by atoms with Crippen LogP contribution < -0.4 is 15.0 Å². The maximum atomic E-state index is 12.9. The third-order valence-electron chi connectivity index (χ3n) is 6.24. The minimum absolute atomic E-state index is 0.00618. The van der Waals surface area contributed by atoms with E-state index in [1.807, 2.05) is 59.5 Å². The molecule has 5 rings (SSSR count). The summed E-state index contributed by atoms with van der Waals surface area (Å²) in [5.74, 6) is 0.664. The molecule has 39 heavy (non-hydrogen) atoms. The standard InChI is InChI=1S/C27H26ClN7O3S/c1-38-24-4-2-3-19(17-24)26(37)34-15-13-33(14-16-34)22-11-7-21(8-12-22)29-25(36)18-39-27-30-31-32-35(27)23-9-5-20(28)6-10-23/h2-12,17H,13-16,18H2,1H3,(H,29,36). The Kier molecular flexibility index (Phi) is 8.28. The van der Waals surface area contributed by atoms with Crippen molar-refractivity contribution >= 4 is 46.6 Å². The predicted molar refractivity (Wildman–Crippen MR) is 151 cm³/mol. The van der Waals surface area contributed by atoms with Crippen molar-refractivity contribution in [2.75, 3.05) is 49.3 Å². The molecule has 1 aliphatic heterocycles. The number of nitrogens with one attached hydrogen (secondary N) is 1. The van der Waals surface area contributed by atoms with Crippen LogP contribution in [0.15, 0.2) is 78.0 Å². The van der Waals surface area contributed by atoms with Crippen LogP contribution in [0.3, 0.4) is 0 Å². The third kappa shape index (κ3) is 6.50. The van der Waals surface area contributed by atoms with Gasteiger partial charge in [0.2, 0.25) is 11.1 Å². The molecular formula is C27H26ClN7O3S. The Morgan fingerprint density at radius 2 is 1.69 bits per heavy atom. The van der Waals surface area contributed by atoms with Crippen molar-refractivity contribution in [3.8, 4) is 11.4 Å². The number of halogens is 1. The molecule has 0 saturated carbocycles. The van der Waals surface area contributed by atoms with Gasteiger partial charge in [0, 0.05) is 48.1 Å². The number of hydrogen-bond donors (Lipinski definition) is 1. The number of carbonyl (C=O) groups excluding carboxylic acids is 2. The molecule has 0 spiro atoms. The number of rotatable bonds is 8. The number of piperazine rings is 1. The Morgan fingerprint density at radius 1 is 0.974 bits per heavy atom. The van der Waals surface area contributed by atoms with Gasteiger partial charge >= 0.3 is 0 Å². The molecule has 3 aromatic carbocycles. The Labute approximate surface area is 234 Å². The van der Waals surface area contributed by atoms with E-state index in [1.165, 1.54) is 11.8 Å². The largest absolute Gasteiger partial charge is 0.497 e. The second kappa shape index (κ2) is 12.2. The molecule has 12 heteroatoms. The van der Waals surface area contributed by atoms with E-state index >= 15 is 0 Å². The summed E-state index contributed by atoms with van der Waals surface area (Å²) in [7, 11) is 1.59. The fourth-order valence-electron chi connectivity index (χ4n) is 4.20. The van der Waals surface area contributed by atoms with Crippen molar-refractivity contribution in [1.82, 2.24) is 25.1 Å². The molecule has 4 aromatic rings. The third-order valence-corrected chi connectivity index (χ3v) is 7.42. The summed E-state index contributed by atoms with van der Waals surface area (Å²) in [6, 6.07) is 22.1. The Balaban J connectivity index is 1.11. The first-order chi connectivity index (χ1) is 19.0. The lowest BCUT2D eigenvalue weighted by Crippen LogP contribution is -2.48. The van der Waals surface area contributed by atoms with Crippen LogP contribution in [0.2, 0.25) is 5.02 Å². The van der Waals surface area contributed by atoms with Gasteiger partial charge in [-0.25, -0.2) is 0 Å². The second-order valence-electron chi connectivity index (χ2n) is 8.74.